The SMILES string of the molecule is CC(=O)c1ccccc1NS(=O)(=O)C1NCCc2ccccc21. The normalized spacial score (nSPS) is 17.3. The topological polar surface area (TPSA) is 75.3 Å². The minimum Gasteiger partial charge on any atom is -0.296 e. The summed E-state index contributed by atoms with van der Waals surface area (Å²) in [6, 6.07) is 14.1. The summed E-state index contributed by atoms with van der Waals surface area (Å²) >= 11 is 0. The van der Waals surface area contributed by atoms with Crippen molar-refractivity contribution in [3.8, 4) is 0 Å². The van der Waals surface area contributed by atoms with Gasteiger partial charge in [-0.1, -0.05) is 36.4 Å². The van der Waals surface area contributed by atoms with Gasteiger partial charge in [-0.05, 0) is 36.6 Å². The molecule has 23 heavy (non-hydrogen) atoms. The fraction of sp³-hybridized carbons (Fsp3) is 0.235. The van der Waals surface area contributed by atoms with Crippen LogP contribution >= 0.6 is 0 Å². The van der Waals surface area contributed by atoms with Crippen LogP contribution in [-0.4, -0.2) is 20.7 Å². The van der Waals surface area contributed by atoms with Crippen LogP contribution in [0.4, 0.5) is 5.69 Å². The maximum absolute atomic E-state index is 12.8. The molecule has 0 aliphatic carbocycles. The summed E-state index contributed by atoms with van der Waals surface area (Å²) in [5.74, 6) is -0.180. The van der Waals surface area contributed by atoms with Crippen molar-refractivity contribution >= 4 is 21.5 Å². The van der Waals surface area contributed by atoms with Crippen LogP contribution in [0.15, 0.2) is 48.5 Å². The molecular formula is C17H18N2O3S. The standard InChI is InChI=1S/C17H18N2O3S/c1-12(20)14-7-4-5-9-16(14)19-23(21,22)17-15-8-3-2-6-13(15)10-11-18-17/h2-9,17-19H,10-11H2,1H3. The molecule has 0 radical (unpaired) electrons. The van der Waals surface area contributed by atoms with Crippen molar-refractivity contribution in [2.75, 3.05) is 11.3 Å². The van der Waals surface area contributed by atoms with E-state index in [-0.39, 0.29) is 5.78 Å². The van der Waals surface area contributed by atoms with E-state index in [2.05, 4.69) is 10.0 Å². The van der Waals surface area contributed by atoms with Crippen molar-refractivity contribution in [2.24, 2.45) is 0 Å². The average Bonchev–Trinajstić information content (AvgIpc) is 2.54. The predicted octanol–water partition coefficient (Wildman–Crippen LogP) is 2.48. The largest absolute Gasteiger partial charge is 0.296 e. The third-order valence-corrected chi connectivity index (χ3v) is 5.48. The van der Waals surface area contributed by atoms with Gasteiger partial charge in [0.15, 0.2) is 11.2 Å². The Morgan fingerprint density at radius 3 is 2.61 bits per heavy atom. The van der Waals surface area contributed by atoms with Crippen LogP contribution in [0.3, 0.4) is 0 Å². The zero-order valence-corrected chi connectivity index (χ0v) is 13.6. The van der Waals surface area contributed by atoms with Crippen LogP contribution in [0.25, 0.3) is 0 Å². The monoisotopic (exact) mass is 330 g/mol. The van der Waals surface area contributed by atoms with Crippen molar-refractivity contribution in [1.29, 1.82) is 0 Å². The van der Waals surface area contributed by atoms with E-state index in [1.807, 2.05) is 24.3 Å². The summed E-state index contributed by atoms with van der Waals surface area (Å²) in [5.41, 5.74) is 2.46. The van der Waals surface area contributed by atoms with Crippen LogP contribution in [0, 0.1) is 0 Å². The number of benzene rings is 2. The maximum Gasteiger partial charge on any atom is 0.253 e. The molecule has 6 heteroatoms. The Morgan fingerprint density at radius 2 is 1.83 bits per heavy atom. The molecular weight excluding hydrogens is 312 g/mol. The van der Waals surface area contributed by atoms with Gasteiger partial charge in [0.25, 0.3) is 10.0 Å². The van der Waals surface area contributed by atoms with E-state index >= 15 is 0 Å². The van der Waals surface area contributed by atoms with E-state index in [9.17, 15) is 13.2 Å². The number of fused-ring (bicyclic) bond motifs is 1. The molecule has 0 spiro atoms. The number of carbonyl (C=O) groups is 1. The second-order valence-electron chi connectivity index (χ2n) is 5.53. The zero-order chi connectivity index (χ0) is 16.4. The number of carbonyl (C=O) groups excluding carboxylic acids is 1. The molecule has 1 atom stereocenters. The number of hydrogen-bond acceptors (Lipinski definition) is 4. The minimum absolute atomic E-state index is 0.180. The molecule has 1 aliphatic heterocycles. The van der Waals surface area contributed by atoms with Gasteiger partial charge in [-0.3, -0.25) is 14.8 Å². The molecule has 2 aromatic rings. The van der Waals surface area contributed by atoms with Gasteiger partial charge in [0.1, 0.15) is 0 Å². The molecule has 2 N–H and O–H groups in total. The number of hydrogen-bond donors (Lipinski definition) is 2. The highest BCUT2D eigenvalue weighted by molar-refractivity contribution is 7.92. The van der Waals surface area contributed by atoms with Gasteiger partial charge in [-0.2, -0.15) is 0 Å². The molecule has 2 aromatic carbocycles. The minimum atomic E-state index is -3.72. The van der Waals surface area contributed by atoms with Gasteiger partial charge in [-0.25, -0.2) is 8.42 Å². The van der Waals surface area contributed by atoms with E-state index in [1.54, 1.807) is 24.3 Å². The van der Waals surface area contributed by atoms with Gasteiger partial charge in [0.2, 0.25) is 0 Å². The number of para-hydroxylation sites is 1. The third kappa shape index (κ3) is 3.13. The molecule has 1 heterocycles. The van der Waals surface area contributed by atoms with E-state index in [4.69, 9.17) is 0 Å². The molecule has 0 amide bonds. The van der Waals surface area contributed by atoms with Gasteiger partial charge in [-0.15, -0.1) is 0 Å². The van der Waals surface area contributed by atoms with Crippen LogP contribution in [0.2, 0.25) is 0 Å². The average molecular weight is 330 g/mol. The molecule has 120 valence electrons. The third-order valence-electron chi connectivity index (χ3n) is 3.93. The van der Waals surface area contributed by atoms with Crippen molar-refractivity contribution in [3.63, 3.8) is 0 Å². The first-order valence-corrected chi connectivity index (χ1v) is 8.96. The number of ketones is 1. The summed E-state index contributed by atoms with van der Waals surface area (Å²) in [6.45, 7) is 2.01. The highest BCUT2D eigenvalue weighted by atomic mass is 32.2. The Bertz CT molecular complexity index is 846. The smallest absolute Gasteiger partial charge is 0.253 e. The predicted molar refractivity (Wildman–Crippen MR) is 89.9 cm³/mol. The quantitative estimate of drug-likeness (QED) is 0.845. The molecule has 3 rings (SSSR count). The lowest BCUT2D eigenvalue weighted by Crippen LogP contribution is -2.38. The second-order valence-corrected chi connectivity index (χ2v) is 7.30. The first kappa shape index (κ1) is 15.7. The number of sulfonamides is 1. The van der Waals surface area contributed by atoms with Crippen molar-refractivity contribution in [2.45, 2.75) is 18.7 Å². The highest BCUT2D eigenvalue weighted by Crippen LogP contribution is 2.29. The number of nitrogens with one attached hydrogen (secondary N) is 2. The fourth-order valence-corrected chi connectivity index (χ4v) is 4.34. The molecule has 0 saturated carbocycles. The molecule has 0 bridgehead atoms. The van der Waals surface area contributed by atoms with E-state index in [1.165, 1.54) is 6.92 Å². The lowest BCUT2D eigenvalue weighted by atomic mass is 10.0. The van der Waals surface area contributed by atoms with Crippen molar-refractivity contribution < 1.29 is 13.2 Å². The molecule has 0 saturated heterocycles. The lowest BCUT2D eigenvalue weighted by Gasteiger charge is -2.27. The van der Waals surface area contributed by atoms with Crippen LogP contribution in [0.5, 0.6) is 0 Å². The fourth-order valence-electron chi connectivity index (χ4n) is 2.83. The molecule has 5 nitrogen and oxygen atoms in total. The Balaban J connectivity index is 1.97. The number of anilines is 1. The highest BCUT2D eigenvalue weighted by Gasteiger charge is 2.31. The van der Waals surface area contributed by atoms with Crippen molar-refractivity contribution in [1.82, 2.24) is 5.32 Å². The van der Waals surface area contributed by atoms with E-state index in [0.29, 0.717) is 17.8 Å². The van der Waals surface area contributed by atoms with Gasteiger partial charge in [0.05, 0.1) is 5.69 Å². The van der Waals surface area contributed by atoms with E-state index in [0.717, 1.165) is 17.5 Å². The molecule has 1 aliphatic rings. The summed E-state index contributed by atoms with van der Waals surface area (Å²) in [7, 11) is -3.72. The Labute approximate surface area is 135 Å². The zero-order valence-electron chi connectivity index (χ0n) is 12.7. The summed E-state index contributed by atoms with van der Waals surface area (Å²) < 4.78 is 28.2. The summed E-state index contributed by atoms with van der Waals surface area (Å²) in [4.78, 5) is 11.7. The first-order valence-electron chi connectivity index (χ1n) is 7.42. The van der Waals surface area contributed by atoms with Gasteiger partial charge < -0.3 is 0 Å². The maximum atomic E-state index is 12.8. The molecule has 0 fully saturated rings. The van der Waals surface area contributed by atoms with Gasteiger partial charge in [0, 0.05) is 12.1 Å². The van der Waals surface area contributed by atoms with E-state index < -0.39 is 15.4 Å². The molecule has 1 unspecified atom stereocenters. The number of Topliss-reactive ketones (excluding diaryl/α,β-unsaturated/α-hetero) is 1. The Kier molecular flexibility index (Phi) is 4.19. The first-order chi connectivity index (χ1) is 11.0. The Morgan fingerprint density at radius 1 is 1.13 bits per heavy atom. The summed E-state index contributed by atoms with van der Waals surface area (Å²) in [6.07, 6.45) is 0.798. The summed E-state index contributed by atoms with van der Waals surface area (Å²) in [5, 5.41) is 2.22. The molecule has 0 aromatic heterocycles. The van der Waals surface area contributed by atoms with Crippen molar-refractivity contribution in [3.05, 3.63) is 65.2 Å². The van der Waals surface area contributed by atoms with Crippen LogP contribution in [0.1, 0.15) is 33.8 Å². The second kappa shape index (κ2) is 6.14. The van der Waals surface area contributed by atoms with Gasteiger partial charge >= 0.3 is 0 Å². The Hall–Kier alpha value is -2.18. The van der Waals surface area contributed by atoms with Crippen LogP contribution < -0.4 is 10.0 Å². The lowest BCUT2D eigenvalue weighted by molar-refractivity contribution is 0.101. The number of rotatable bonds is 4. The van der Waals surface area contributed by atoms with Crippen LogP contribution in [-0.2, 0) is 16.4 Å².